The fourth-order valence-electron chi connectivity index (χ4n) is 1.64. The predicted octanol–water partition coefficient (Wildman–Crippen LogP) is 2.83. The number of nitrogens with zero attached hydrogens (tertiary/aromatic N) is 1. The molecule has 0 aliphatic heterocycles. The van der Waals surface area contributed by atoms with Crippen molar-refractivity contribution in [1.29, 1.82) is 0 Å². The Balaban J connectivity index is 2.19. The fraction of sp³-hybridized carbons (Fsp3) is 0.143. The zero-order valence-electron chi connectivity index (χ0n) is 11.1. The van der Waals surface area contributed by atoms with Crippen molar-refractivity contribution in [2.24, 2.45) is 0 Å². The van der Waals surface area contributed by atoms with Gasteiger partial charge < -0.3 is 11.1 Å². The summed E-state index contributed by atoms with van der Waals surface area (Å²) in [6.45, 7) is 5.46. The molecule has 1 aromatic heterocycles. The van der Waals surface area contributed by atoms with E-state index in [1.807, 2.05) is 30.3 Å². The van der Waals surface area contributed by atoms with E-state index in [0.29, 0.717) is 11.4 Å². The van der Waals surface area contributed by atoms with E-state index in [2.05, 4.69) is 22.1 Å². The predicted molar refractivity (Wildman–Crippen MR) is 83.1 cm³/mol. The minimum absolute atomic E-state index is 0.214. The van der Waals surface area contributed by atoms with Crippen molar-refractivity contribution in [2.75, 3.05) is 16.8 Å². The highest BCUT2D eigenvalue weighted by Crippen LogP contribution is 2.27. The first-order valence-corrected chi connectivity index (χ1v) is 7.06. The van der Waals surface area contributed by atoms with Gasteiger partial charge in [0.05, 0.1) is 17.1 Å². The number of carbonyl (C=O) groups is 1. The van der Waals surface area contributed by atoms with Gasteiger partial charge in [-0.25, -0.2) is 0 Å². The number of aromatic nitrogens is 2. The number of benzene rings is 1. The molecule has 0 saturated carbocycles. The number of aryl methyl sites for hydroxylation is 1. The van der Waals surface area contributed by atoms with Gasteiger partial charge in [0.1, 0.15) is 0 Å². The van der Waals surface area contributed by atoms with E-state index in [0.717, 1.165) is 16.3 Å². The molecule has 2 aromatic rings. The minimum atomic E-state index is -0.321. The summed E-state index contributed by atoms with van der Waals surface area (Å²) in [7, 11) is 0. The van der Waals surface area contributed by atoms with Crippen LogP contribution in [0.5, 0.6) is 0 Å². The fourth-order valence-corrected chi connectivity index (χ4v) is 2.38. The molecular formula is C14H16N4OS. The number of carbonyl (C=O) groups excluding carboxylic acids is 1. The van der Waals surface area contributed by atoms with Gasteiger partial charge in [0, 0.05) is 10.6 Å². The molecule has 0 fully saturated rings. The SMILES string of the molecule is C=CCSc1ccccc1NC(=O)c1n[nH]c(C)c1N. The van der Waals surface area contributed by atoms with Crippen LogP contribution in [0.4, 0.5) is 11.4 Å². The summed E-state index contributed by atoms with van der Waals surface area (Å²) in [5, 5.41) is 9.45. The third kappa shape index (κ3) is 3.03. The molecule has 0 saturated heterocycles. The Morgan fingerprint density at radius 3 is 2.95 bits per heavy atom. The molecule has 0 bridgehead atoms. The van der Waals surface area contributed by atoms with E-state index in [9.17, 15) is 4.79 Å². The van der Waals surface area contributed by atoms with Gasteiger partial charge in [0.15, 0.2) is 5.69 Å². The maximum absolute atomic E-state index is 12.2. The Bertz CT molecular complexity index is 636. The highest BCUT2D eigenvalue weighted by atomic mass is 32.2. The standard InChI is InChI=1S/C14H16N4OS/c1-3-8-20-11-7-5-4-6-10(11)16-14(19)13-12(15)9(2)17-18-13/h3-7H,1,8,15H2,2H3,(H,16,19)(H,17,18). The number of hydrogen-bond acceptors (Lipinski definition) is 4. The first-order valence-electron chi connectivity index (χ1n) is 6.08. The van der Waals surface area contributed by atoms with Crippen LogP contribution >= 0.6 is 11.8 Å². The lowest BCUT2D eigenvalue weighted by Crippen LogP contribution is -2.14. The Hall–Kier alpha value is -2.21. The maximum Gasteiger partial charge on any atom is 0.278 e. The van der Waals surface area contributed by atoms with Crippen LogP contribution in [0.25, 0.3) is 0 Å². The summed E-state index contributed by atoms with van der Waals surface area (Å²) in [4.78, 5) is 13.1. The van der Waals surface area contributed by atoms with Crippen LogP contribution in [0, 0.1) is 6.92 Å². The number of thioether (sulfide) groups is 1. The molecule has 20 heavy (non-hydrogen) atoms. The van der Waals surface area contributed by atoms with Crippen molar-refractivity contribution in [1.82, 2.24) is 10.2 Å². The van der Waals surface area contributed by atoms with Crippen molar-refractivity contribution < 1.29 is 4.79 Å². The number of nitrogens with one attached hydrogen (secondary N) is 2. The lowest BCUT2D eigenvalue weighted by molar-refractivity contribution is 0.102. The molecule has 0 radical (unpaired) electrons. The maximum atomic E-state index is 12.2. The summed E-state index contributed by atoms with van der Waals surface area (Å²) in [5.41, 5.74) is 7.81. The molecule has 0 aliphatic carbocycles. The number of hydrogen-bond donors (Lipinski definition) is 3. The lowest BCUT2D eigenvalue weighted by atomic mass is 10.2. The normalized spacial score (nSPS) is 10.2. The van der Waals surface area contributed by atoms with Crippen LogP contribution < -0.4 is 11.1 Å². The third-order valence-corrected chi connectivity index (χ3v) is 3.77. The van der Waals surface area contributed by atoms with Crippen molar-refractivity contribution in [3.63, 3.8) is 0 Å². The summed E-state index contributed by atoms with van der Waals surface area (Å²) in [6, 6.07) is 7.59. The number of H-pyrrole nitrogens is 1. The van der Waals surface area contributed by atoms with Crippen LogP contribution in [0.1, 0.15) is 16.2 Å². The molecule has 6 heteroatoms. The Morgan fingerprint density at radius 2 is 2.30 bits per heavy atom. The van der Waals surface area contributed by atoms with E-state index in [-0.39, 0.29) is 11.6 Å². The second-order valence-electron chi connectivity index (χ2n) is 4.16. The van der Waals surface area contributed by atoms with Crippen LogP contribution in [0.3, 0.4) is 0 Å². The van der Waals surface area contributed by atoms with Crippen LogP contribution in [0.2, 0.25) is 0 Å². The van der Waals surface area contributed by atoms with E-state index in [1.54, 1.807) is 18.7 Å². The highest BCUT2D eigenvalue weighted by molar-refractivity contribution is 7.99. The summed E-state index contributed by atoms with van der Waals surface area (Å²) >= 11 is 1.60. The number of para-hydroxylation sites is 1. The third-order valence-electron chi connectivity index (χ3n) is 2.70. The van der Waals surface area contributed by atoms with Gasteiger partial charge in [-0.15, -0.1) is 18.3 Å². The van der Waals surface area contributed by atoms with Crippen LogP contribution in [-0.2, 0) is 0 Å². The van der Waals surface area contributed by atoms with Crippen molar-refractivity contribution in [3.8, 4) is 0 Å². The van der Waals surface area contributed by atoms with Gasteiger partial charge in [0.2, 0.25) is 0 Å². The number of nitrogen functional groups attached to an aromatic ring is 1. The average Bonchev–Trinajstić information content (AvgIpc) is 2.78. The van der Waals surface area contributed by atoms with Crippen LogP contribution in [-0.4, -0.2) is 21.9 Å². The summed E-state index contributed by atoms with van der Waals surface area (Å²) < 4.78 is 0. The highest BCUT2D eigenvalue weighted by Gasteiger charge is 2.16. The van der Waals surface area contributed by atoms with E-state index < -0.39 is 0 Å². The zero-order valence-corrected chi connectivity index (χ0v) is 12.0. The van der Waals surface area contributed by atoms with E-state index in [4.69, 9.17) is 5.73 Å². The molecule has 0 aliphatic rings. The van der Waals surface area contributed by atoms with Crippen LogP contribution in [0.15, 0.2) is 41.8 Å². The molecule has 1 aromatic carbocycles. The average molecular weight is 288 g/mol. The molecule has 1 amide bonds. The van der Waals surface area contributed by atoms with Gasteiger partial charge in [0.25, 0.3) is 5.91 Å². The smallest absolute Gasteiger partial charge is 0.278 e. The number of amides is 1. The number of aromatic amines is 1. The number of rotatable bonds is 5. The van der Waals surface area contributed by atoms with Gasteiger partial charge >= 0.3 is 0 Å². The minimum Gasteiger partial charge on any atom is -0.395 e. The molecule has 5 nitrogen and oxygen atoms in total. The lowest BCUT2D eigenvalue weighted by Gasteiger charge is -2.09. The van der Waals surface area contributed by atoms with Crippen molar-refractivity contribution in [2.45, 2.75) is 11.8 Å². The molecule has 4 N–H and O–H groups in total. The molecule has 0 atom stereocenters. The van der Waals surface area contributed by atoms with Gasteiger partial charge in [-0.3, -0.25) is 9.89 Å². The molecule has 0 unspecified atom stereocenters. The first kappa shape index (κ1) is 14.2. The molecule has 104 valence electrons. The van der Waals surface area contributed by atoms with Gasteiger partial charge in [-0.05, 0) is 19.1 Å². The van der Waals surface area contributed by atoms with E-state index in [1.165, 1.54) is 0 Å². The van der Waals surface area contributed by atoms with Gasteiger partial charge in [-0.1, -0.05) is 18.2 Å². The molecule has 2 rings (SSSR count). The molecule has 1 heterocycles. The first-order chi connectivity index (χ1) is 9.63. The zero-order chi connectivity index (χ0) is 14.5. The Labute approximate surface area is 121 Å². The Morgan fingerprint density at radius 1 is 1.55 bits per heavy atom. The number of anilines is 2. The molecular weight excluding hydrogens is 272 g/mol. The second kappa shape index (κ2) is 6.29. The Kier molecular flexibility index (Phi) is 4.47. The van der Waals surface area contributed by atoms with Gasteiger partial charge in [-0.2, -0.15) is 5.10 Å². The second-order valence-corrected chi connectivity index (χ2v) is 5.22. The topological polar surface area (TPSA) is 83.8 Å². The van der Waals surface area contributed by atoms with E-state index >= 15 is 0 Å². The van der Waals surface area contributed by atoms with Crippen molar-refractivity contribution in [3.05, 3.63) is 48.3 Å². The largest absolute Gasteiger partial charge is 0.395 e. The quantitative estimate of drug-likeness (QED) is 0.583. The van der Waals surface area contributed by atoms with Crippen molar-refractivity contribution >= 4 is 29.0 Å². The summed E-state index contributed by atoms with van der Waals surface area (Å²) in [5.74, 6) is 0.454. The number of nitrogens with two attached hydrogens (primary N) is 1. The summed E-state index contributed by atoms with van der Waals surface area (Å²) in [6.07, 6.45) is 1.82. The molecule has 0 spiro atoms. The monoisotopic (exact) mass is 288 g/mol.